The van der Waals surface area contributed by atoms with Gasteiger partial charge in [-0.3, -0.25) is 4.79 Å². The number of hydrogen-bond acceptors (Lipinski definition) is 4. The van der Waals surface area contributed by atoms with Crippen molar-refractivity contribution in [1.29, 1.82) is 0 Å². The van der Waals surface area contributed by atoms with Crippen LogP contribution in [0.25, 0.3) is 10.8 Å². The van der Waals surface area contributed by atoms with Crippen LogP contribution in [0.2, 0.25) is 0 Å². The lowest BCUT2D eigenvalue weighted by atomic mass is 9.96. The molecule has 1 aliphatic rings. The van der Waals surface area contributed by atoms with E-state index in [1.54, 1.807) is 12.1 Å². The van der Waals surface area contributed by atoms with Gasteiger partial charge in [0.15, 0.2) is 0 Å². The Morgan fingerprint density at radius 3 is 2.54 bits per heavy atom. The molecular formula is C19H23ClNO4P. The molecular weight excluding hydrogens is 373 g/mol. The first-order valence-corrected chi connectivity index (χ1v) is 11.3. The van der Waals surface area contributed by atoms with Gasteiger partial charge in [-0.2, -0.15) is 0 Å². The molecule has 1 fully saturated rings. The molecule has 3 rings (SSSR count). The average Bonchev–Trinajstić information content (AvgIpc) is 2.56. The highest BCUT2D eigenvalue weighted by Gasteiger charge is 2.35. The van der Waals surface area contributed by atoms with Crippen LogP contribution in [0, 0.1) is 5.92 Å². The van der Waals surface area contributed by atoms with Crippen molar-refractivity contribution in [3.8, 4) is 5.75 Å². The number of halogens is 1. The fourth-order valence-electron chi connectivity index (χ4n) is 2.79. The third kappa shape index (κ3) is 4.59. The lowest BCUT2D eigenvalue weighted by molar-refractivity contribution is -0.156. The number of carbonyl (C=O) groups excluding carboxylic acids is 1. The Morgan fingerprint density at radius 1 is 1.19 bits per heavy atom. The summed E-state index contributed by atoms with van der Waals surface area (Å²) in [6.07, 6.45) is 2.78. The predicted molar refractivity (Wildman–Crippen MR) is 104 cm³/mol. The minimum atomic E-state index is -3.80. The molecule has 0 spiro atoms. The second-order valence-corrected chi connectivity index (χ2v) is 9.62. The summed E-state index contributed by atoms with van der Waals surface area (Å²) in [5, 5.41) is 4.44. The van der Waals surface area contributed by atoms with Crippen LogP contribution in [0.3, 0.4) is 0 Å². The Hall–Kier alpha value is -1.55. The van der Waals surface area contributed by atoms with Crippen molar-refractivity contribution in [2.75, 3.05) is 0 Å². The van der Waals surface area contributed by atoms with Crippen molar-refractivity contribution in [1.82, 2.24) is 5.09 Å². The van der Waals surface area contributed by atoms with Crippen LogP contribution in [-0.2, 0) is 14.1 Å². The average molecular weight is 396 g/mol. The van der Waals surface area contributed by atoms with E-state index < -0.39 is 18.9 Å². The number of hydrogen-bond donors (Lipinski definition) is 1. The third-order valence-corrected chi connectivity index (χ3v) is 6.03. The zero-order valence-electron chi connectivity index (χ0n) is 14.9. The molecule has 2 aromatic carbocycles. The molecule has 140 valence electrons. The monoisotopic (exact) mass is 395 g/mol. The van der Waals surface area contributed by atoms with Gasteiger partial charge in [0.2, 0.25) is 0 Å². The first-order valence-electron chi connectivity index (χ1n) is 8.81. The van der Waals surface area contributed by atoms with Gasteiger partial charge in [-0.25, -0.2) is 9.65 Å². The van der Waals surface area contributed by atoms with E-state index in [1.807, 2.05) is 44.2 Å². The molecule has 0 saturated heterocycles. The first-order chi connectivity index (χ1) is 12.4. The predicted octanol–water partition coefficient (Wildman–Crippen LogP) is 5.28. The smallest absolute Gasteiger partial charge is 0.409 e. The van der Waals surface area contributed by atoms with Gasteiger partial charge in [0, 0.05) is 16.6 Å². The fraction of sp³-hybridized carbons (Fsp3) is 0.421. The summed E-state index contributed by atoms with van der Waals surface area (Å²) in [6, 6.07) is 12.2. The number of rotatable bonds is 7. The zero-order valence-corrected chi connectivity index (χ0v) is 16.5. The van der Waals surface area contributed by atoms with E-state index in [2.05, 4.69) is 5.09 Å². The minimum Gasteiger partial charge on any atom is -0.461 e. The van der Waals surface area contributed by atoms with Crippen molar-refractivity contribution in [3.63, 3.8) is 0 Å². The van der Waals surface area contributed by atoms with Crippen molar-refractivity contribution in [2.45, 2.75) is 45.3 Å². The Morgan fingerprint density at radius 2 is 1.88 bits per heavy atom. The van der Waals surface area contributed by atoms with Crippen LogP contribution in [0.1, 0.15) is 33.1 Å². The molecule has 5 nitrogen and oxygen atoms in total. The minimum absolute atomic E-state index is 0.0424. The molecule has 2 aromatic rings. The van der Waals surface area contributed by atoms with Crippen molar-refractivity contribution >= 4 is 34.9 Å². The quantitative estimate of drug-likeness (QED) is 0.510. The summed E-state index contributed by atoms with van der Waals surface area (Å²) in [5.41, 5.74) is 0. The topological polar surface area (TPSA) is 64.6 Å². The van der Waals surface area contributed by atoms with E-state index >= 15 is 0 Å². The van der Waals surface area contributed by atoms with E-state index in [-0.39, 0.29) is 12.0 Å². The summed E-state index contributed by atoms with van der Waals surface area (Å²) < 4.78 is 23.9. The molecule has 1 saturated carbocycles. The highest BCUT2D eigenvalue weighted by atomic mass is 35.7. The highest BCUT2D eigenvalue weighted by Crippen LogP contribution is 2.50. The van der Waals surface area contributed by atoms with Gasteiger partial charge in [0.25, 0.3) is 0 Å². The Kier molecular flexibility index (Phi) is 5.91. The zero-order chi connectivity index (χ0) is 18.7. The van der Waals surface area contributed by atoms with Crippen LogP contribution in [0.5, 0.6) is 5.75 Å². The Bertz CT molecular complexity index is 832. The summed E-state index contributed by atoms with van der Waals surface area (Å²) >= 11 is 6.15. The highest BCUT2D eigenvalue weighted by molar-refractivity contribution is 7.84. The molecule has 7 heteroatoms. The largest absolute Gasteiger partial charge is 0.461 e. The van der Waals surface area contributed by atoms with Crippen LogP contribution < -0.4 is 9.61 Å². The molecule has 0 aromatic heterocycles. The summed E-state index contributed by atoms with van der Waals surface area (Å²) in [6.45, 7) is -0.112. The Labute approximate surface area is 158 Å². The number of esters is 1. The van der Waals surface area contributed by atoms with Gasteiger partial charge in [-0.05, 0) is 36.6 Å². The summed E-state index contributed by atoms with van der Waals surface area (Å²) in [5.74, 6) is -0.179. The first kappa shape index (κ1) is 19.2. The van der Waals surface area contributed by atoms with E-state index in [0.29, 0.717) is 5.75 Å². The molecule has 0 amide bonds. The second kappa shape index (κ2) is 7.99. The maximum atomic E-state index is 12.8. The maximum Gasteiger partial charge on any atom is 0.409 e. The standard InChI is InChI=1S/C19H23ClNO4P/c1-13(2)18(19(22)24-15-9-6-10-15)21-26(20,23)25-17-12-5-8-14-7-3-4-11-16(14)17/h3-5,7-8,11-13,15,18H,6,9-10H2,1-2H3,(H,21,23). The van der Waals surface area contributed by atoms with Gasteiger partial charge < -0.3 is 9.26 Å². The number of nitrogens with one attached hydrogen (secondary N) is 1. The fourth-order valence-corrected chi connectivity index (χ4v) is 4.53. The number of benzene rings is 2. The van der Waals surface area contributed by atoms with Crippen LogP contribution in [0.15, 0.2) is 42.5 Å². The van der Waals surface area contributed by atoms with E-state index in [9.17, 15) is 9.36 Å². The van der Waals surface area contributed by atoms with Gasteiger partial charge in [-0.15, -0.1) is 0 Å². The number of fused-ring (bicyclic) bond motifs is 1. The summed E-state index contributed by atoms with van der Waals surface area (Å²) in [7, 11) is 0. The molecule has 2 unspecified atom stereocenters. The van der Waals surface area contributed by atoms with E-state index in [0.717, 1.165) is 30.0 Å². The van der Waals surface area contributed by atoms with Gasteiger partial charge in [0.1, 0.15) is 17.9 Å². The molecule has 0 heterocycles. The molecule has 26 heavy (non-hydrogen) atoms. The van der Waals surface area contributed by atoms with Crippen LogP contribution in [0.4, 0.5) is 0 Å². The van der Waals surface area contributed by atoms with Gasteiger partial charge >= 0.3 is 12.8 Å². The SMILES string of the molecule is CC(C)C(NP(=O)(Cl)Oc1cccc2ccccc12)C(=O)OC1CCC1. The molecule has 2 atom stereocenters. The summed E-state index contributed by atoms with van der Waals surface area (Å²) in [4.78, 5) is 12.4. The second-order valence-electron chi connectivity index (χ2n) is 6.89. The normalized spacial score (nSPS) is 18.2. The maximum absolute atomic E-state index is 12.8. The van der Waals surface area contributed by atoms with Crippen molar-refractivity contribution in [2.24, 2.45) is 5.92 Å². The van der Waals surface area contributed by atoms with Crippen LogP contribution in [-0.4, -0.2) is 18.1 Å². The molecule has 0 radical (unpaired) electrons. The molecule has 1 aliphatic carbocycles. The van der Waals surface area contributed by atoms with Crippen LogP contribution >= 0.6 is 18.1 Å². The van der Waals surface area contributed by atoms with Gasteiger partial charge in [0.05, 0.1) is 0 Å². The van der Waals surface area contributed by atoms with E-state index in [1.165, 1.54) is 0 Å². The van der Waals surface area contributed by atoms with E-state index in [4.69, 9.17) is 20.5 Å². The number of carbonyl (C=O) groups is 1. The Balaban J connectivity index is 1.75. The lowest BCUT2D eigenvalue weighted by Gasteiger charge is -2.29. The molecule has 1 N–H and O–H groups in total. The van der Waals surface area contributed by atoms with Gasteiger partial charge in [-0.1, -0.05) is 50.2 Å². The third-order valence-electron chi connectivity index (χ3n) is 4.51. The van der Waals surface area contributed by atoms with Crippen molar-refractivity contribution < 1.29 is 18.6 Å². The molecule has 0 aliphatic heterocycles. The number of ether oxygens (including phenoxy) is 1. The van der Waals surface area contributed by atoms with Crippen molar-refractivity contribution in [3.05, 3.63) is 42.5 Å². The molecule has 0 bridgehead atoms. The lowest BCUT2D eigenvalue weighted by Crippen LogP contribution is -2.42.